The van der Waals surface area contributed by atoms with Crippen LogP contribution in [0, 0.1) is 17.2 Å². The van der Waals surface area contributed by atoms with Crippen molar-refractivity contribution in [2.24, 2.45) is 5.92 Å². The Balaban J connectivity index is 1.33. The first kappa shape index (κ1) is 25.8. The average molecular weight is 541 g/mol. The molecule has 6 rings (SSSR count). The summed E-state index contributed by atoms with van der Waals surface area (Å²) in [5.74, 6) is 1.06. The van der Waals surface area contributed by atoms with Gasteiger partial charge < -0.3 is 24.1 Å². The number of nitrogens with zero attached hydrogens (tertiary/aromatic N) is 4. The fraction of sp³-hybridized carbons (Fsp3) is 0.323. The number of aliphatic hydroxyl groups is 1. The van der Waals surface area contributed by atoms with Gasteiger partial charge >= 0.3 is 0 Å². The third-order valence-corrected chi connectivity index (χ3v) is 7.86. The SMILES string of the molecule is COc1cc(C(=O)N2CCC(CO)C2)ccc1-c1cc2nccc(-c3ccc(N4CC[C@H](F)C4)c(C#N)c3)c2o1. The normalized spacial score (nSPS) is 18.9. The average Bonchev–Trinajstić information content (AvgIpc) is 3.75. The molecule has 1 N–H and O–H groups in total. The summed E-state index contributed by atoms with van der Waals surface area (Å²) in [5.41, 5.74) is 5.19. The molecule has 1 amide bonds. The van der Waals surface area contributed by atoms with Crippen LogP contribution in [0.4, 0.5) is 10.1 Å². The summed E-state index contributed by atoms with van der Waals surface area (Å²) in [4.78, 5) is 21.2. The summed E-state index contributed by atoms with van der Waals surface area (Å²) in [6, 6.07) is 16.8. The standard InChI is InChI=1S/C31H29FN4O4/c1-39-28-13-21(31(38)36-10-7-19(16-36)18-37)2-4-25(28)29-14-26-30(40-29)24(6-9-34-26)20-3-5-27(22(12-20)15-33)35-11-8-23(32)17-35/h2-6,9,12-14,19,23,37H,7-8,10-11,16-18H2,1H3/t19?,23-/m0/s1. The molecule has 2 saturated heterocycles. The van der Waals surface area contributed by atoms with Gasteiger partial charge in [-0.05, 0) is 54.8 Å². The number of methoxy groups -OCH3 is 1. The lowest BCUT2D eigenvalue weighted by Gasteiger charge is -2.19. The monoisotopic (exact) mass is 540 g/mol. The number of hydrogen-bond donors (Lipinski definition) is 1. The number of likely N-dealkylation sites (tertiary alicyclic amines) is 1. The highest BCUT2D eigenvalue weighted by Crippen LogP contribution is 2.39. The third-order valence-electron chi connectivity index (χ3n) is 7.86. The molecule has 2 atom stereocenters. The Morgan fingerprint density at radius 3 is 2.75 bits per heavy atom. The summed E-state index contributed by atoms with van der Waals surface area (Å²) in [5, 5.41) is 19.3. The molecular weight excluding hydrogens is 511 g/mol. The van der Waals surface area contributed by atoms with E-state index in [-0.39, 0.29) is 18.4 Å². The molecule has 40 heavy (non-hydrogen) atoms. The van der Waals surface area contributed by atoms with E-state index in [1.54, 1.807) is 42.5 Å². The maximum atomic E-state index is 13.8. The van der Waals surface area contributed by atoms with E-state index in [1.165, 1.54) is 0 Å². The number of furan rings is 1. The molecule has 0 radical (unpaired) electrons. The molecule has 9 heteroatoms. The Morgan fingerprint density at radius 2 is 2.02 bits per heavy atom. The van der Waals surface area contributed by atoms with Crippen molar-refractivity contribution in [3.05, 3.63) is 65.9 Å². The van der Waals surface area contributed by atoms with Crippen molar-refractivity contribution in [2.75, 3.05) is 44.8 Å². The van der Waals surface area contributed by atoms with Gasteiger partial charge in [0.25, 0.3) is 5.91 Å². The lowest BCUT2D eigenvalue weighted by molar-refractivity contribution is 0.0781. The van der Waals surface area contributed by atoms with Crippen LogP contribution in [-0.2, 0) is 0 Å². The van der Waals surface area contributed by atoms with Crippen molar-refractivity contribution in [3.63, 3.8) is 0 Å². The zero-order valence-corrected chi connectivity index (χ0v) is 22.1. The first-order valence-corrected chi connectivity index (χ1v) is 13.4. The number of carbonyl (C=O) groups excluding carboxylic acids is 1. The summed E-state index contributed by atoms with van der Waals surface area (Å²) >= 11 is 0. The van der Waals surface area contributed by atoms with E-state index in [0.717, 1.165) is 23.2 Å². The number of alkyl halides is 1. The maximum absolute atomic E-state index is 13.8. The van der Waals surface area contributed by atoms with Crippen LogP contribution in [0.2, 0.25) is 0 Å². The number of pyridine rings is 1. The van der Waals surface area contributed by atoms with Crippen molar-refractivity contribution in [2.45, 2.75) is 19.0 Å². The van der Waals surface area contributed by atoms with Gasteiger partial charge in [0.05, 0.1) is 23.9 Å². The predicted octanol–water partition coefficient (Wildman–Crippen LogP) is 5.04. The number of benzene rings is 2. The second-order valence-electron chi connectivity index (χ2n) is 10.4. The summed E-state index contributed by atoms with van der Waals surface area (Å²) in [7, 11) is 1.55. The van der Waals surface area contributed by atoms with Gasteiger partial charge in [0, 0.05) is 62.1 Å². The molecule has 2 fully saturated rings. The number of anilines is 1. The predicted molar refractivity (Wildman–Crippen MR) is 149 cm³/mol. The third kappa shape index (κ3) is 4.65. The number of aliphatic hydroxyl groups excluding tert-OH is 1. The summed E-state index contributed by atoms with van der Waals surface area (Å²) in [6.45, 7) is 2.12. The fourth-order valence-corrected chi connectivity index (χ4v) is 5.68. The molecule has 2 aromatic heterocycles. The van der Waals surface area contributed by atoms with Crippen LogP contribution in [0.5, 0.6) is 5.75 Å². The van der Waals surface area contributed by atoms with Gasteiger partial charge in [-0.1, -0.05) is 6.07 Å². The lowest BCUT2D eigenvalue weighted by atomic mass is 10.0. The van der Waals surface area contributed by atoms with Crippen molar-refractivity contribution >= 4 is 22.7 Å². The number of amides is 1. The van der Waals surface area contributed by atoms with Gasteiger partial charge in [-0.15, -0.1) is 0 Å². The minimum absolute atomic E-state index is 0.0775. The molecule has 2 aromatic carbocycles. The molecule has 2 aliphatic heterocycles. The van der Waals surface area contributed by atoms with Crippen molar-refractivity contribution in [1.82, 2.24) is 9.88 Å². The molecular formula is C31H29FN4O4. The molecule has 0 saturated carbocycles. The van der Waals surface area contributed by atoms with Crippen LogP contribution < -0.4 is 9.64 Å². The molecule has 4 heterocycles. The fourth-order valence-electron chi connectivity index (χ4n) is 5.68. The van der Waals surface area contributed by atoms with E-state index in [9.17, 15) is 19.6 Å². The van der Waals surface area contributed by atoms with Gasteiger partial charge in [-0.25, -0.2) is 4.39 Å². The molecule has 0 spiro atoms. The highest BCUT2D eigenvalue weighted by atomic mass is 19.1. The number of ether oxygens (including phenoxy) is 1. The Morgan fingerprint density at radius 1 is 1.15 bits per heavy atom. The molecule has 0 bridgehead atoms. The zero-order valence-electron chi connectivity index (χ0n) is 22.1. The smallest absolute Gasteiger partial charge is 0.253 e. The molecule has 0 aliphatic carbocycles. The number of hydrogen-bond acceptors (Lipinski definition) is 7. The van der Waals surface area contributed by atoms with Crippen LogP contribution in [-0.4, -0.2) is 67.0 Å². The van der Waals surface area contributed by atoms with Crippen molar-refractivity contribution < 1.29 is 23.4 Å². The van der Waals surface area contributed by atoms with Crippen molar-refractivity contribution in [1.29, 1.82) is 5.26 Å². The minimum atomic E-state index is -0.879. The van der Waals surface area contributed by atoms with Crippen LogP contribution >= 0.6 is 0 Å². The highest BCUT2D eigenvalue weighted by molar-refractivity contribution is 5.97. The number of nitriles is 1. The molecule has 8 nitrogen and oxygen atoms in total. The van der Waals surface area contributed by atoms with E-state index in [4.69, 9.17) is 9.15 Å². The lowest BCUT2D eigenvalue weighted by Crippen LogP contribution is -2.29. The van der Waals surface area contributed by atoms with E-state index in [2.05, 4.69) is 11.1 Å². The van der Waals surface area contributed by atoms with E-state index in [1.807, 2.05) is 29.2 Å². The number of halogens is 1. The van der Waals surface area contributed by atoms with Gasteiger partial charge in [-0.2, -0.15) is 5.26 Å². The first-order chi connectivity index (χ1) is 19.5. The number of fused-ring (bicyclic) bond motifs is 1. The Bertz CT molecular complexity index is 1630. The largest absolute Gasteiger partial charge is 0.496 e. The van der Waals surface area contributed by atoms with Gasteiger partial charge in [-0.3, -0.25) is 9.78 Å². The Hall–Kier alpha value is -4.42. The van der Waals surface area contributed by atoms with Crippen LogP contribution in [0.1, 0.15) is 28.8 Å². The summed E-state index contributed by atoms with van der Waals surface area (Å²) < 4.78 is 25.8. The molecule has 1 unspecified atom stereocenters. The topological polar surface area (TPSA) is 103 Å². The minimum Gasteiger partial charge on any atom is -0.496 e. The molecule has 2 aliphatic rings. The van der Waals surface area contributed by atoms with Crippen LogP contribution in [0.25, 0.3) is 33.6 Å². The quantitative estimate of drug-likeness (QED) is 0.365. The van der Waals surface area contributed by atoms with Gasteiger partial charge in [0.1, 0.15) is 29.3 Å². The zero-order chi connectivity index (χ0) is 27.8. The summed E-state index contributed by atoms with van der Waals surface area (Å²) in [6.07, 6.45) is 2.07. The molecule has 204 valence electrons. The van der Waals surface area contributed by atoms with Crippen LogP contribution in [0.3, 0.4) is 0 Å². The number of rotatable bonds is 6. The number of carbonyl (C=O) groups is 1. The highest BCUT2D eigenvalue weighted by Gasteiger charge is 2.28. The van der Waals surface area contributed by atoms with Crippen LogP contribution in [0.15, 0.2) is 59.1 Å². The van der Waals surface area contributed by atoms with E-state index >= 15 is 0 Å². The maximum Gasteiger partial charge on any atom is 0.253 e. The Labute approximate surface area is 231 Å². The first-order valence-electron chi connectivity index (χ1n) is 13.4. The second kappa shape index (κ2) is 10.6. The molecule has 4 aromatic rings. The number of aromatic nitrogens is 1. The van der Waals surface area contributed by atoms with E-state index in [0.29, 0.717) is 71.9 Å². The second-order valence-corrected chi connectivity index (χ2v) is 10.4. The van der Waals surface area contributed by atoms with Gasteiger partial charge in [0.2, 0.25) is 0 Å². The van der Waals surface area contributed by atoms with Gasteiger partial charge in [0.15, 0.2) is 5.58 Å². The van der Waals surface area contributed by atoms with Crippen molar-refractivity contribution in [3.8, 4) is 34.3 Å². The Kier molecular flexibility index (Phi) is 6.86. The van der Waals surface area contributed by atoms with E-state index < -0.39 is 6.17 Å².